The number of pyridine rings is 1. The van der Waals surface area contributed by atoms with Crippen LogP contribution in [0.25, 0.3) is 11.0 Å². The minimum Gasteiger partial charge on any atom is -0.345 e. The molecule has 0 radical (unpaired) electrons. The maximum absolute atomic E-state index is 14.6. The van der Waals surface area contributed by atoms with Crippen molar-refractivity contribution in [1.29, 1.82) is 0 Å². The van der Waals surface area contributed by atoms with Gasteiger partial charge in [-0.15, -0.1) is 0 Å². The van der Waals surface area contributed by atoms with Crippen molar-refractivity contribution in [1.82, 2.24) is 9.97 Å². The molecule has 0 amide bonds. The summed E-state index contributed by atoms with van der Waals surface area (Å²) in [5, 5.41) is 5.27. The van der Waals surface area contributed by atoms with E-state index in [4.69, 9.17) is 5.14 Å². The van der Waals surface area contributed by atoms with E-state index >= 15 is 0 Å². The summed E-state index contributed by atoms with van der Waals surface area (Å²) in [5.41, 5.74) is -0.851. The van der Waals surface area contributed by atoms with E-state index in [0.717, 1.165) is 12.1 Å². The van der Waals surface area contributed by atoms with Crippen molar-refractivity contribution < 1.29 is 22.0 Å². The summed E-state index contributed by atoms with van der Waals surface area (Å²) < 4.78 is 51.6. The molecule has 6 nitrogen and oxygen atoms in total. The number of nitrogens with zero attached hydrogens (tertiary/aromatic N) is 1. The number of carbonyl (C=O) groups excluding carboxylic acids is 1. The van der Waals surface area contributed by atoms with Crippen LogP contribution in [0.2, 0.25) is 0 Å². The van der Waals surface area contributed by atoms with Gasteiger partial charge in [-0.25, -0.2) is 27.3 Å². The summed E-state index contributed by atoms with van der Waals surface area (Å²) in [4.78, 5) is 19.5. The van der Waals surface area contributed by atoms with E-state index in [1.807, 2.05) is 0 Å². The standard InChI is InChI=1S/C15H10BrF2N3O3S/c16-8-3-9-10(5-21-15(9)20-4-8)14(22)12-11(17)2-1-7(13(12)18)6-25(19,23)24/h1-5H,6H2,(H,20,21)(H2,19,23,24). The number of primary sulfonamides is 1. The monoisotopic (exact) mass is 429 g/mol. The number of sulfonamides is 1. The number of aromatic amines is 1. The lowest BCUT2D eigenvalue weighted by atomic mass is 10.0. The number of nitrogens with one attached hydrogen (secondary N) is 1. The van der Waals surface area contributed by atoms with Crippen LogP contribution in [0.15, 0.2) is 35.1 Å². The predicted octanol–water partition coefficient (Wildman–Crippen LogP) is 2.62. The van der Waals surface area contributed by atoms with Gasteiger partial charge in [0.05, 0.1) is 11.3 Å². The molecule has 3 aromatic rings. The van der Waals surface area contributed by atoms with E-state index in [-0.39, 0.29) is 11.1 Å². The summed E-state index contributed by atoms with van der Waals surface area (Å²) in [6.07, 6.45) is 2.79. The van der Waals surface area contributed by atoms with Crippen LogP contribution in [0.1, 0.15) is 21.5 Å². The average Bonchev–Trinajstić information content (AvgIpc) is 2.92. The van der Waals surface area contributed by atoms with Gasteiger partial charge in [-0.1, -0.05) is 6.07 Å². The molecule has 1 aromatic carbocycles. The first-order valence-electron chi connectivity index (χ1n) is 6.82. The zero-order chi connectivity index (χ0) is 18.4. The van der Waals surface area contributed by atoms with E-state index in [2.05, 4.69) is 25.9 Å². The Kier molecular flexibility index (Phi) is 4.43. The quantitative estimate of drug-likeness (QED) is 0.621. The summed E-state index contributed by atoms with van der Waals surface area (Å²) in [7, 11) is -4.05. The molecule has 0 unspecified atom stereocenters. The molecule has 0 saturated heterocycles. The Bertz CT molecular complexity index is 1110. The molecule has 0 fully saturated rings. The maximum Gasteiger partial charge on any atom is 0.213 e. The molecule has 10 heteroatoms. The van der Waals surface area contributed by atoms with E-state index in [9.17, 15) is 22.0 Å². The lowest BCUT2D eigenvalue weighted by Gasteiger charge is -2.08. The number of fused-ring (bicyclic) bond motifs is 1. The summed E-state index contributed by atoms with van der Waals surface area (Å²) in [6, 6.07) is 3.36. The number of benzene rings is 1. The summed E-state index contributed by atoms with van der Waals surface area (Å²) in [6.45, 7) is 0. The van der Waals surface area contributed by atoms with E-state index in [0.29, 0.717) is 15.5 Å². The molecule has 3 N–H and O–H groups in total. The van der Waals surface area contributed by atoms with Gasteiger partial charge in [0.1, 0.15) is 17.3 Å². The molecule has 25 heavy (non-hydrogen) atoms. The first-order valence-corrected chi connectivity index (χ1v) is 9.33. The van der Waals surface area contributed by atoms with E-state index in [1.165, 1.54) is 12.4 Å². The number of carbonyl (C=O) groups is 1. The Labute approximate surface area is 149 Å². The van der Waals surface area contributed by atoms with Crippen molar-refractivity contribution in [2.45, 2.75) is 5.75 Å². The number of halogens is 3. The van der Waals surface area contributed by atoms with Gasteiger partial charge in [-0.3, -0.25) is 4.79 Å². The smallest absolute Gasteiger partial charge is 0.213 e. The molecule has 0 aliphatic rings. The molecular weight excluding hydrogens is 420 g/mol. The molecule has 0 bridgehead atoms. The fraction of sp³-hybridized carbons (Fsp3) is 0.0667. The van der Waals surface area contributed by atoms with Crippen molar-refractivity contribution in [3.05, 3.63) is 63.4 Å². The van der Waals surface area contributed by atoms with Crippen LogP contribution >= 0.6 is 15.9 Å². The number of hydrogen-bond acceptors (Lipinski definition) is 4. The Morgan fingerprint density at radius 2 is 2.04 bits per heavy atom. The lowest BCUT2D eigenvalue weighted by Crippen LogP contribution is -2.17. The second-order valence-corrected chi connectivity index (χ2v) is 7.81. The Balaban J connectivity index is 2.16. The Morgan fingerprint density at radius 3 is 2.72 bits per heavy atom. The fourth-order valence-electron chi connectivity index (χ4n) is 2.43. The molecule has 2 aromatic heterocycles. The number of rotatable bonds is 4. The Morgan fingerprint density at radius 1 is 1.32 bits per heavy atom. The summed E-state index contributed by atoms with van der Waals surface area (Å²) >= 11 is 3.21. The van der Waals surface area contributed by atoms with Crippen molar-refractivity contribution in [2.75, 3.05) is 0 Å². The highest BCUT2D eigenvalue weighted by molar-refractivity contribution is 9.10. The SMILES string of the molecule is NS(=O)(=O)Cc1ccc(F)c(C(=O)c2c[nH]c3ncc(Br)cc23)c1F. The predicted molar refractivity (Wildman–Crippen MR) is 90.4 cm³/mol. The lowest BCUT2D eigenvalue weighted by molar-refractivity contribution is 0.103. The van der Waals surface area contributed by atoms with Crippen molar-refractivity contribution in [3.8, 4) is 0 Å². The number of ketones is 1. The minimum atomic E-state index is -4.05. The van der Waals surface area contributed by atoms with Gasteiger partial charge in [-0.2, -0.15) is 0 Å². The van der Waals surface area contributed by atoms with Gasteiger partial charge in [0.25, 0.3) is 0 Å². The first-order chi connectivity index (χ1) is 11.7. The van der Waals surface area contributed by atoms with Crippen molar-refractivity contribution in [3.63, 3.8) is 0 Å². The van der Waals surface area contributed by atoms with Crippen molar-refractivity contribution in [2.24, 2.45) is 5.14 Å². The largest absolute Gasteiger partial charge is 0.345 e. The molecular formula is C15H10BrF2N3O3S. The van der Waals surface area contributed by atoms with Gasteiger partial charge in [0.15, 0.2) is 0 Å². The van der Waals surface area contributed by atoms with Gasteiger partial charge >= 0.3 is 0 Å². The van der Waals surface area contributed by atoms with Crippen LogP contribution in [-0.4, -0.2) is 24.2 Å². The third-order valence-corrected chi connectivity index (χ3v) is 4.64. The van der Waals surface area contributed by atoms with E-state index < -0.39 is 38.8 Å². The molecule has 0 saturated carbocycles. The highest BCUT2D eigenvalue weighted by Crippen LogP contribution is 2.26. The van der Waals surface area contributed by atoms with Crippen LogP contribution in [0, 0.1) is 11.6 Å². The Hall–Kier alpha value is -2.17. The molecule has 0 atom stereocenters. The zero-order valence-electron chi connectivity index (χ0n) is 12.4. The van der Waals surface area contributed by atoms with Gasteiger partial charge in [0.2, 0.25) is 15.8 Å². The second-order valence-electron chi connectivity index (χ2n) is 5.28. The van der Waals surface area contributed by atoms with Crippen molar-refractivity contribution >= 4 is 42.8 Å². The van der Waals surface area contributed by atoms with Crippen LogP contribution in [0.5, 0.6) is 0 Å². The highest BCUT2D eigenvalue weighted by Gasteiger charge is 2.25. The van der Waals surface area contributed by atoms with E-state index in [1.54, 1.807) is 6.07 Å². The third-order valence-electron chi connectivity index (χ3n) is 3.50. The topological polar surface area (TPSA) is 106 Å². The first kappa shape index (κ1) is 17.6. The van der Waals surface area contributed by atoms with Crippen LogP contribution in [-0.2, 0) is 15.8 Å². The molecule has 0 spiro atoms. The average molecular weight is 430 g/mol. The fourth-order valence-corrected chi connectivity index (χ4v) is 3.42. The number of aromatic nitrogens is 2. The second kappa shape index (κ2) is 6.28. The van der Waals surface area contributed by atoms with Crippen LogP contribution in [0.4, 0.5) is 8.78 Å². The molecule has 3 rings (SSSR count). The summed E-state index contributed by atoms with van der Waals surface area (Å²) in [5.74, 6) is -4.13. The number of nitrogens with two attached hydrogens (primary N) is 1. The van der Waals surface area contributed by atoms with Gasteiger partial charge in [0, 0.05) is 33.4 Å². The molecule has 2 heterocycles. The number of H-pyrrole nitrogens is 1. The minimum absolute atomic E-state index is 0.00866. The van der Waals surface area contributed by atoms with Gasteiger partial charge < -0.3 is 4.98 Å². The number of hydrogen-bond donors (Lipinski definition) is 2. The molecule has 0 aliphatic carbocycles. The molecule has 130 valence electrons. The third kappa shape index (κ3) is 3.46. The highest BCUT2D eigenvalue weighted by atomic mass is 79.9. The maximum atomic E-state index is 14.6. The normalized spacial score (nSPS) is 11.8. The van der Waals surface area contributed by atoms with Gasteiger partial charge in [-0.05, 0) is 28.1 Å². The van der Waals surface area contributed by atoms with Crippen LogP contribution < -0.4 is 5.14 Å². The zero-order valence-corrected chi connectivity index (χ0v) is 14.8. The van der Waals surface area contributed by atoms with Crippen LogP contribution in [0.3, 0.4) is 0 Å². The molecule has 0 aliphatic heterocycles.